The molecule has 3 aliphatic rings. The zero-order chi connectivity index (χ0) is 16.9. The SMILES string of the molecule is COCC1(Cc2noc([C@H]3C[C@@H]3c3ccc4c(c3)OCCO4)n2)CC1. The molecule has 0 amide bonds. The maximum absolute atomic E-state index is 5.68. The topological polar surface area (TPSA) is 66.6 Å². The second-order valence-corrected chi connectivity index (χ2v) is 7.51. The van der Waals surface area contributed by atoms with Crippen molar-refractivity contribution in [3.63, 3.8) is 0 Å². The molecule has 25 heavy (non-hydrogen) atoms. The van der Waals surface area contributed by atoms with Crippen LogP contribution in [0.1, 0.15) is 48.4 Å². The van der Waals surface area contributed by atoms with Gasteiger partial charge in [0.15, 0.2) is 17.3 Å². The molecule has 6 nitrogen and oxygen atoms in total. The summed E-state index contributed by atoms with van der Waals surface area (Å²) in [6, 6.07) is 6.21. The molecule has 1 aromatic carbocycles. The quantitative estimate of drug-likeness (QED) is 0.804. The van der Waals surface area contributed by atoms with E-state index >= 15 is 0 Å². The number of nitrogens with zero attached hydrogens (tertiary/aromatic N) is 2. The van der Waals surface area contributed by atoms with E-state index < -0.39 is 0 Å². The second-order valence-electron chi connectivity index (χ2n) is 7.51. The van der Waals surface area contributed by atoms with E-state index in [2.05, 4.69) is 22.3 Å². The predicted octanol–water partition coefficient (Wildman–Crippen LogP) is 3.08. The first-order chi connectivity index (χ1) is 12.3. The summed E-state index contributed by atoms with van der Waals surface area (Å²) in [5.74, 6) is 4.01. The molecule has 0 N–H and O–H groups in total. The third kappa shape index (κ3) is 2.88. The van der Waals surface area contributed by atoms with Gasteiger partial charge in [-0.15, -0.1) is 0 Å². The Morgan fingerprint density at radius 2 is 2.00 bits per heavy atom. The van der Waals surface area contributed by atoms with Gasteiger partial charge in [0.05, 0.1) is 6.61 Å². The Morgan fingerprint density at radius 1 is 1.16 bits per heavy atom. The van der Waals surface area contributed by atoms with Crippen molar-refractivity contribution < 1.29 is 18.7 Å². The molecular weight excluding hydrogens is 320 g/mol. The number of hydrogen-bond donors (Lipinski definition) is 0. The van der Waals surface area contributed by atoms with Crippen molar-refractivity contribution in [3.05, 3.63) is 35.5 Å². The van der Waals surface area contributed by atoms with Gasteiger partial charge in [-0.3, -0.25) is 0 Å². The molecule has 2 atom stereocenters. The Labute approximate surface area is 146 Å². The maximum atomic E-state index is 5.68. The maximum Gasteiger partial charge on any atom is 0.230 e. The molecule has 2 saturated carbocycles. The van der Waals surface area contributed by atoms with Crippen LogP contribution in [0.2, 0.25) is 0 Å². The molecule has 2 aliphatic carbocycles. The highest BCUT2D eigenvalue weighted by atomic mass is 16.6. The summed E-state index contributed by atoms with van der Waals surface area (Å²) < 4.78 is 22.1. The molecule has 0 radical (unpaired) electrons. The summed E-state index contributed by atoms with van der Waals surface area (Å²) >= 11 is 0. The monoisotopic (exact) mass is 342 g/mol. The van der Waals surface area contributed by atoms with Crippen LogP contribution in [0, 0.1) is 5.41 Å². The Bertz CT molecular complexity index is 783. The first-order valence-corrected chi connectivity index (χ1v) is 8.97. The number of aromatic nitrogens is 2. The number of fused-ring (bicyclic) bond motifs is 1. The van der Waals surface area contributed by atoms with Gasteiger partial charge in [-0.25, -0.2) is 0 Å². The average molecular weight is 342 g/mol. The Balaban J connectivity index is 1.27. The van der Waals surface area contributed by atoms with E-state index in [9.17, 15) is 0 Å². The standard InChI is InChI=1S/C19H22N2O4/c1-22-11-19(4-5-19)10-17-20-18(25-21-17)14-9-13(14)12-2-3-15-16(8-12)24-7-6-23-15/h2-3,8,13-14H,4-7,9-11H2,1H3/t13-,14+/m1/s1. The first kappa shape index (κ1) is 15.2. The number of hydrogen-bond acceptors (Lipinski definition) is 6. The van der Waals surface area contributed by atoms with Gasteiger partial charge >= 0.3 is 0 Å². The summed E-state index contributed by atoms with van der Waals surface area (Å²) in [5.41, 5.74) is 1.50. The Hall–Kier alpha value is -2.08. The van der Waals surface area contributed by atoms with Gasteiger partial charge in [-0.1, -0.05) is 11.2 Å². The summed E-state index contributed by atoms with van der Waals surface area (Å²) in [7, 11) is 1.75. The third-order valence-electron chi connectivity index (χ3n) is 5.53. The lowest BCUT2D eigenvalue weighted by Gasteiger charge is -2.18. The van der Waals surface area contributed by atoms with Crippen LogP contribution in [-0.4, -0.2) is 37.1 Å². The number of benzene rings is 1. The molecule has 0 unspecified atom stereocenters. The number of ether oxygens (including phenoxy) is 3. The highest BCUT2D eigenvalue weighted by Gasteiger charge is 2.46. The van der Waals surface area contributed by atoms with E-state index in [4.69, 9.17) is 18.7 Å². The van der Waals surface area contributed by atoms with Crippen LogP contribution in [0.25, 0.3) is 0 Å². The van der Waals surface area contributed by atoms with Gasteiger partial charge in [0.25, 0.3) is 0 Å². The van der Waals surface area contributed by atoms with E-state index in [0.29, 0.717) is 25.0 Å². The molecule has 0 spiro atoms. The van der Waals surface area contributed by atoms with Crippen molar-refractivity contribution in [2.45, 2.75) is 37.5 Å². The van der Waals surface area contributed by atoms with Gasteiger partial charge in [0, 0.05) is 24.9 Å². The van der Waals surface area contributed by atoms with E-state index in [1.54, 1.807) is 7.11 Å². The molecule has 6 heteroatoms. The highest BCUT2D eigenvalue weighted by molar-refractivity contribution is 5.46. The van der Waals surface area contributed by atoms with E-state index in [1.165, 1.54) is 18.4 Å². The van der Waals surface area contributed by atoms with Crippen molar-refractivity contribution in [2.24, 2.45) is 5.41 Å². The minimum Gasteiger partial charge on any atom is -0.486 e. The fourth-order valence-electron chi connectivity index (χ4n) is 3.81. The molecule has 5 rings (SSSR count). The zero-order valence-electron chi connectivity index (χ0n) is 14.4. The van der Waals surface area contributed by atoms with Crippen molar-refractivity contribution in [3.8, 4) is 11.5 Å². The van der Waals surface area contributed by atoms with Gasteiger partial charge in [0.1, 0.15) is 13.2 Å². The van der Waals surface area contributed by atoms with E-state index in [0.717, 1.165) is 42.7 Å². The van der Waals surface area contributed by atoms with Crippen LogP contribution >= 0.6 is 0 Å². The molecular formula is C19H22N2O4. The minimum atomic E-state index is 0.245. The third-order valence-corrected chi connectivity index (χ3v) is 5.53. The Morgan fingerprint density at radius 3 is 2.80 bits per heavy atom. The summed E-state index contributed by atoms with van der Waals surface area (Å²) in [4.78, 5) is 4.65. The summed E-state index contributed by atoms with van der Waals surface area (Å²) in [5, 5.41) is 4.20. The molecule has 132 valence electrons. The summed E-state index contributed by atoms with van der Waals surface area (Å²) in [6.45, 7) is 2.01. The van der Waals surface area contributed by atoms with Crippen LogP contribution in [0.3, 0.4) is 0 Å². The first-order valence-electron chi connectivity index (χ1n) is 8.97. The van der Waals surface area contributed by atoms with Gasteiger partial charge in [-0.05, 0) is 42.9 Å². The lowest BCUT2D eigenvalue weighted by Crippen LogP contribution is -2.15. The van der Waals surface area contributed by atoms with Crippen molar-refractivity contribution >= 4 is 0 Å². The van der Waals surface area contributed by atoms with Crippen LogP contribution in [0.5, 0.6) is 11.5 Å². The zero-order valence-corrected chi connectivity index (χ0v) is 14.4. The van der Waals surface area contributed by atoms with E-state index in [-0.39, 0.29) is 5.41 Å². The van der Waals surface area contributed by atoms with Crippen LogP contribution in [0.4, 0.5) is 0 Å². The van der Waals surface area contributed by atoms with Crippen molar-refractivity contribution in [2.75, 3.05) is 26.9 Å². The predicted molar refractivity (Wildman–Crippen MR) is 89.1 cm³/mol. The summed E-state index contributed by atoms with van der Waals surface area (Å²) in [6.07, 6.45) is 4.28. The highest BCUT2D eigenvalue weighted by Crippen LogP contribution is 2.55. The van der Waals surface area contributed by atoms with Gasteiger partial charge < -0.3 is 18.7 Å². The molecule has 2 heterocycles. The van der Waals surface area contributed by atoms with Gasteiger partial charge in [-0.2, -0.15) is 4.98 Å². The lowest BCUT2D eigenvalue weighted by molar-refractivity contribution is 0.139. The van der Waals surface area contributed by atoms with E-state index in [1.807, 2.05) is 6.07 Å². The van der Waals surface area contributed by atoms with Gasteiger partial charge in [0.2, 0.25) is 5.89 Å². The number of methoxy groups -OCH3 is 1. The fourth-order valence-corrected chi connectivity index (χ4v) is 3.81. The molecule has 1 aromatic heterocycles. The molecule has 1 aliphatic heterocycles. The molecule has 0 bridgehead atoms. The smallest absolute Gasteiger partial charge is 0.230 e. The average Bonchev–Trinajstić information content (AvgIpc) is 3.54. The van der Waals surface area contributed by atoms with Crippen LogP contribution in [-0.2, 0) is 11.2 Å². The normalized spacial score (nSPS) is 25.6. The fraction of sp³-hybridized carbons (Fsp3) is 0.579. The largest absolute Gasteiger partial charge is 0.486 e. The number of rotatable bonds is 6. The van der Waals surface area contributed by atoms with Crippen LogP contribution < -0.4 is 9.47 Å². The van der Waals surface area contributed by atoms with Crippen molar-refractivity contribution in [1.82, 2.24) is 10.1 Å². The lowest BCUT2D eigenvalue weighted by atomic mass is 10.0. The van der Waals surface area contributed by atoms with Crippen LogP contribution in [0.15, 0.2) is 22.7 Å². The Kier molecular flexibility index (Phi) is 3.48. The molecule has 2 fully saturated rings. The molecule has 0 saturated heterocycles. The second kappa shape index (κ2) is 5.73. The molecule has 2 aromatic rings. The van der Waals surface area contributed by atoms with Crippen molar-refractivity contribution in [1.29, 1.82) is 0 Å². The minimum absolute atomic E-state index is 0.245.